The SMILES string of the molecule is CCCCS(=O)(=O)Nc1ccc(OCC)cc1. The highest BCUT2D eigenvalue weighted by molar-refractivity contribution is 7.92. The minimum Gasteiger partial charge on any atom is -0.494 e. The number of ether oxygens (including phenoxy) is 1. The van der Waals surface area contributed by atoms with E-state index in [1.807, 2.05) is 13.8 Å². The summed E-state index contributed by atoms with van der Waals surface area (Å²) in [6.45, 7) is 4.47. The molecule has 0 aromatic heterocycles. The zero-order valence-corrected chi connectivity index (χ0v) is 11.1. The molecule has 4 nitrogen and oxygen atoms in total. The minimum absolute atomic E-state index is 0.163. The van der Waals surface area contributed by atoms with Crippen molar-refractivity contribution < 1.29 is 13.2 Å². The number of hydrogen-bond acceptors (Lipinski definition) is 3. The van der Waals surface area contributed by atoms with E-state index in [-0.39, 0.29) is 5.75 Å². The Morgan fingerprint density at radius 1 is 1.18 bits per heavy atom. The van der Waals surface area contributed by atoms with Crippen molar-refractivity contribution in [3.8, 4) is 5.75 Å². The molecule has 0 heterocycles. The molecule has 0 amide bonds. The highest BCUT2D eigenvalue weighted by Gasteiger charge is 2.09. The first-order valence-corrected chi connectivity index (χ1v) is 7.46. The number of anilines is 1. The first kappa shape index (κ1) is 13.8. The molecule has 1 aromatic rings. The lowest BCUT2D eigenvalue weighted by molar-refractivity contribution is 0.340. The lowest BCUT2D eigenvalue weighted by atomic mass is 10.3. The van der Waals surface area contributed by atoms with Crippen LogP contribution >= 0.6 is 0 Å². The van der Waals surface area contributed by atoms with Crippen LogP contribution < -0.4 is 9.46 Å². The summed E-state index contributed by atoms with van der Waals surface area (Å²) in [6, 6.07) is 6.91. The van der Waals surface area contributed by atoms with Crippen LogP contribution in [-0.4, -0.2) is 20.8 Å². The minimum atomic E-state index is -3.21. The molecule has 0 unspecified atom stereocenters. The molecule has 0 saturated carbocycles. The molecule has 1 rings (SSSR count). The van der Waals surface area contributed by atoms with Gasteiger partial charge in [0.2, 0.25) is 10.0 Å². The molecule has 0 aliphatic heterocycles. The molecule has 0 saturated heterocycles. The summed E-state index contributed by atoms with van der Waals surface area (Å²) < 4.78 is 31.1. The van der Waals surface area contributed by atoms with Crippen LogP contribution in [0, 0.1) is 0 Å². The molecule has 1 aromatic carbocycles. The Morgan fingerprint density at radius 2 is 1.82 bits per heavy atom. The summed E-state index contributed by atoms with van der Waals surface area (Å²) >= 11 is 0. The van der Waals surface area contributed by atoms with Gasteiger partial charge in [-0.2, -0.15) is 0 Å². The van der Waals surface area contributed by atoms with Crippen LogP contribution in [0.1, 0.15) is 26.7 Å². The van der Waals surface area contributed by atoms with E-state index in [1.165, 1.54) is 0 Å². The summed E-state index contributed by atoms with van der Waals surface area (Å²) in [7, 11) is -3.21. The van der Waals surface area contributed by atoms with Gasteiger partial charge in [0.25, 0.3) is 0 Å². The zero-order valence-electron chi connectivity index (χ0n) is 10.3. The maximum atomic E-state index is 11.6. The average molecular weight is 257 g/mol. The van der Waals surface area contributed by atoms with Crippen LogP contribution in [0.2, 0.25) is 0 Å². The van der Waals surface area contributed by atoms with E-state index in [2.05, 4.69) is 4.72 Å². The number of rotatable bonds is 7. The van der Waals surface area contributed by atoms with Crippen LogP contribution in [-0.2, 0) is 10.0 Å². The van der Waals surface area contributed by atoms with Crippen LogP contribution in [0.5, 0.6) is 5.75 Å². The van der Waals surface area contributed by atoms with Gasteiger partial charge in [0.15, 0.2) is 0 Å². The lowest BCUT2D eigenvalue weighted by Crippen LogP contribution is -2.16. The second-order valence-electron chi connectivity index (χ2n) is 3.73. The van der Waals surface area contributed by atoms with Gasteiger partial charge in [0, 0.05) is 5.69 Å². The van der Waals surface area contributed by atoms with Crippen LogP contribution in [0.25, 0.3) is 0 Å². The maximum absolute atomic E-state index is 11.6. The summed E-state index contributed by atoms with van der Waals surface area (Å²) in [5.41, 5.74) is 0.574. The van der Waals surface area contributed by atoms with Gasteiger partial charge in [-0.15, -0.1) is 0 Å². The fraction of sp³-hybridized carbons (Fsp3) is 0.500. The normalized spacial score (nSPS) is 11.2. The van der Waals surface area contributed by atoms with Crippen molar-refractivity contribution in [2.45, 2.75) is 26.7 Å². The molecule has 17 heavy (non-hydrogen) atoms. The summed E-state index contributed by atoms with van der Waals surface area (Å²) in [5.74, 6) is 0.903. The van der Waals surface area contributed by atoms with E-state index in [1.54, 1.807) is 24.3 Å². The standard InChI is InChI=1S/C12H19NO3S/c1-3-5-10-17(14,15)13-11-6-8-12(9-7-11)16-4-2/h6-9,13H,3-5,10H2,1-2H3. The Balaban J connectivity index is 2.62. The smallest absolute Gasteiger partial charge is 0.232 e. The van der Waals surface area contributed by atoms with Crippen molar-refractivity contribution in [3.05, 3.63) is 24.3 Å². The van der Waals surface area contributed by atoms with E-state index in [0.717, 1.165) is 12.2 Å². The molecule has 96 valence electrons. The molecular weight excluding hydrogens is 238 g/mol. The Bertz CT molecular complexity index is 426. The van der Waals surface area contributed by atoms with Gasteiger partial charge in [0.05, 0.1) is 12.4 Å². The van der Waals surface area contributed by atoms with Crippen LogP contribution in [0.4, 0.5) is 5.69 Å². The van der Waals surface area contributed by atoms with E-state index >= 15 is 0 Å². The van der Waals surface area contributed by atoms with E-state index < -0.39 is 10.0 Å². The van der Waals surface area contributed by atoms with Crippen molar-refractivity contribution in [1.82, 2.24) is 0 Å². The fourth-order valence-corrected chi connectivity index (χ4v) is 2.62. The van der Waals surface area contributed by atoms with Crippen molar-refractivity contribution >= 4 is 15.7 Å². The van der Waals surface area contributed by atoms with Gasteiger partial charge in [-0.1, -0.05) is 13.3 Å². The maximum Gasteiger partial charge on any atom is 0.232 e. The summed E-state index contributed by atoms with van der Waals surface area (Å²) in [6.07, 6.45) is 1.54. The van der Waals surface area contributed by atoms with Gasteiger partial charge in [-0.25, -0.2) is 8.42 Å². The average Bonchev–Trinajstić information content (AvgIpc) is 2.29. The highest BCUT2D eigenvalue weighted by Crippen LogP contribution is 2.16. The molecule has 5 heteroatoms. The second kappa shape index (κ2) is 6.49. The van der Waals surface area contributed by atoms with Gasteiger partial charge in [-0.05, 0) is 37.6 Å². The van der Waals surface area contributed by atoms with E-state index in [0.29, 0.717) is 18.7 Å². The largest absolute Gasteiger partial charge is 0.494 e. The molecule has 0 atom stereocenters. The zero-order chi connectivity index (χ0) is 12.7. The number of unbranched alkanes of at least 4 members (excludes halogenated alkanes) is 1. The second-order valence-corrected chi connectivity index (χ2v) is 5.57. The van der Waals surface area contributed by atoms with Crippen LogP contribution in [0.15, 0.2) is 24.3 Å². The monoisotopic (exact) mass is 257 g/mol. The predicted octanol–water partition coefficient (Wildman–Crippen LogP) is 2.63. The summed E-state index contributed by atoms with van der Waals surface area (Å²) in [5, 5.41) is 0. The first-order chi connectivity index (χ1) is 8.07. The van der Waals surface area contributed by atoms with E-state index in [4.69, 9.17) is 4.74 Å². The Kier molecular flexibility index (Phi) is 5.28. The summed E-state index contributed by atoms with van der Waals surface area (Å²) in [4.78, 5) is 0. The number of nitrogens with one attached hydrogen (secondary N) is 1. The molecule has 0 radical (unpaired) electrons. The fourth-order valence-electron chi connectivity index (χ4n) is 1.35. The lowest BCUT2D eigenvalue weighted by Gasteiger charge is -2.08. The van der Waals surface area contributed by atoms with Gasteiger partial charge < -0.3 is 4.74 Å². The Morgan fingerprint density at radius 3 is 2.35 bits per heavy atom. The number of hydrogen-bond donors (Lipinski definition) is 1. The van der Waals surface area contributed by atoms with Crippen molar-refractivity contribution in [2.75, 3.05) is 17.1 Å². The molecule has 0 spiro atoms. The number of benzene rings is 1. The van der Waals surface area contributed by atoms with E-state index in [9.17, 15) is 8.42 Å². The third-order valence-corrected chi connectivity index (χ3v) is 3.58. The van der Waals surface area contributed by atoms with Gasteiger partial charge in [-0.3, -0.25) is 4.72 Å². The Labute approximate surface area is 103 Å². The quantitative estimate of drug-likeness (QED) is 0.817. The third kappa shape index (κ3) is 5.08. The van der Waals surface area contributed by atoms with Crippen molar-refractivity contribution in [2.24, 2.45) is 0 Å². The van der Waals surface area contributed by atoms with Gasteiger partial charge in [0.1, 0.15) is 5.75 Å². The molecular formula is C12H19NO3S. The Hall–Kier alpha value is -1.23. The molecule has 1 N–H and O–H groups in total. The molecule has 0 fully saturated rings. The van der Waals surface area contributed by atoms with Crippen LogP contribution in [0.3, 0.4) is 0 Å². The topological polar surface area (TPSA) is 55.4 Å². The number of sulfonamides is 1. The van der Waals surface area contributed by atoms with Gasteiger partial charge >= 0.3 is 0 Å². The predicted molar refractivity (Wildman–Crippen MR) is 69.9 cm³/mol. The third-order valence-electron chi connectivity index (χ3n) is 2.21. The highest BCUT2D eigenvalue weighted by atomic mass is 32.2. The van der Waals surface area contributed by atoms with Crippen molar-refractivity contribution in [3.63, 3.8) is 0 Å². The molecule has 0 aliphatic carbocycles. The first-order valence-electron chi connectivity index (χ1n) is 5.80. The molecule has 0 aliphatic rings. The molecule has 0 bridgehead atoms. The van der Waals surface area contributed by atoms with Crippen molar-refractivity contribution in [1.29, 1.82) is 0 Å².